The Bertz CT molecular complexity index is 343. The van der Waals surface area contributed by atoms with E-state index in [-0.39, 0.29) is 0 Å². The zero-order chi connectivity index (χ0) is 7.84. The van der Waals surface area contributed by atoms with Crippen molar-refractivity contribution in [3.63, 3.8) is 0 Å². The van der Waals surface area contributed by atoms with E-state index in [2.05, 4.69) is 16.9 Å². The molecule has 4 heteroatoms. The minimum absolute atomic E-state index is 0.939. The van der Waals surface area contributed by atoms with Crippen LogP contribution in [0.15, 0.2) is 0 Å². The summed E-state index contributed by atoms with van der Waals surface area (Å²) >= 11 is 3.50. The SMILES string of the molecule is CCc1nc2nc(C)sc2s1. The van der Waals surface area contributed by atoms with Gasteiger partial charge in [0.25, 0.3) is 0 Å². The molecule has 0 radical (unpaired) electrons. The summed E-state index contributed by atoms with van der Waals surface area (Å²) < 4.78 is 1.26. The molecule has 2 heterocycles. The standard InChI is InChI=1S/C7H8N2S2/c1-3-5-9-6-7(11-5)10-4(2)8-6/h3H2,1-2H3. The van der Waals surface area contributed by atoms with E-state index in [1.807, 2.05) is 6.92 Å². The van der Waals surface area contributed by atoms with Gasteiger partial charge in [0.2, 0.25) is 0 Å². The number of thiazole rings is 2. The van der Waals surface area contributed by atoms with Gasteiger partial charge in [0.05, 0.1) is 10.0 Å². The van der Waals surface area contributed by atoms with E-state index in [0.717, 1.165) is 17.1 Å². The zero-order valence-electron chi connectivity index (χ0n) is 6.42. The number of hydrogen-bond acceptors (Lipinski definition) is 4. The maximum atomic E-state index is 4.37. The topological polar surface area (TPSA) is 25.8 Å². The van der Waals surface area contributed by atoms with E-state index in [1.165, 1.54) is 9.02 Å². The molecule has 0 amide bonds. The van der Waals surface area contributed by atoms with Crippen LogP contribution in [0.2, 0.25) is 0 Å². The lowest BCUT2D eigenvalue weighted by Gasteiger charge is -1.80. The van der Waals surface area contributed by atoms with Gasteiger partial charge >= 0.3 is 0 Å². The largest absolute Gasteiger partial charge is 0.221 e. The van der Waals surface area contributed by atoms with Crippen LogP contribution in [0.25, 0.3) is 9.66 Å². The summed E-state index contributed by atoms with van der Waals surface area (Å²) in [5.41, 5.74) is 0.939. The van der Waals surface area contributed by atoms with Crippen LogP contribution in [0.3, 0.4) is 0 Å². The second-order valence-electron chi connectivity index (χ2n) is 2.31. The summed E-state index contributed by atoms with van der Waals surface area (Å²) in [4.78, 5) is 8.67. The van der Waals surface area contributed by atoms with Gasteiger partial charge in [0, 0.05) is 0 Å². The number of fused-ring (bicyclic) bond motifs is 1. The Morgan fingerprint density at radius 2 is 2.09 bits per heavy atom. The molecule has 0 saturated heterocycles. The predicted octanol–water partition coefficient (Wildman–Crippen LogP) is 2.62. The molecule has 0 bridgehead atoms. The molecule has 0 aliphatic rings. The van der Waals surface area contributed by atoms with Gasteiger partial charge < -0.3 is 0 Å². The second-order valence-corrected chi connectivity index (χ2v) is 4.85. The van der Waals surface area contributed by atoms with Gasteiger partial charge in [-0.3, -0.25) is 0 Å². The number of aryl methyl sites for hydroxylation is 2. The van der Waals surface area contributed by atoms with Crippen molar-refractivity contribution in [2.45, 2.75) is 20.3 Å². The Morgan fingerprint density at radius 3 is 2.73 bits per heavy atom. The molecule has 0 spiro atoms. The molecular weight excluding hydrogens is 176 g/mol. The molecule has 2 aromatic heterocycles. The fraction of sp³-hybridized carbons (Fsp3) is 0.429. The summed E-state index contributed by atoms with van der Waals surface area (Å²) in [6.45, 7) is 4.14. The van der Waals surface area contributed by atoms with Crippen molar-refractivity contribution in [1.29, 1.82) is 0 Å². The molecule has 0 aromatic carbocycles. The van der Waals surface area contributed by atoms with E-state index in [0.29, 0.717) is 0 Å². The third-order valence-corrected chi connectivity index (χ3v) is 3.67. The smallest absolute Gasteiger partial charge is 0.182 e. The highest BCUT2D eigenvalue weighted by atomic mass is 32.2. The van der Waals surface area contributed by atoms with Crippen LogP contribution < -0.4 is 0 Å². The lowest BCUT2D eigenvalue weighted by atomic mass is 10.5. The molecule has 2 rings (SSSR count). The summed E-state index contributed by atoms with van der Waals surface area (Å²) in [6, 6.07) is 0. The maximum absolute atomic E-state index is 4.37. The third kappa shape index (κ3) is 1.16. The van der Waals surface area contributed by atoms with Crippen LogP contribution in [-0.4, -0.2) is 9.97 Å². The third-order valence-electron chi connectivity index (χ3n) is 1.43. The van der Waals surface area contributed by atoms with Crippen molar-refractivity contribution >= 4 is 32.3 Å². The van der Waals surface area contributed by atoms with Gasteiger partial charge in [-0.1, -0.05) is 6.92 Å². The molecule has 0 aliphatic carbocycles. The first-order valence-corrected chi connectivity index (χ1v) is 5.15. The normalized spacial score (nSPS) is 11.1. The fourth-order valence-corrected chi connectivity index (χ4v) is 3.01. The van der Waals surface area contributed by atoms with Gasteiger partial charge in [-0.15, -0.1) is 22.7 Å². The first kappa shape index (κ1) is 7.18. The zero-order valence-corrected chi connectivity index (χ0v) is 8.05. The molecule has 58 valence electrons. The molecule has 2 aromatic rings. The number of rotatable bonds is 1. The average molecular weight is 184 g/mol. The van der Waals surface area contributed by atoms with Crippen LogP contribution in [0.4, 0.5) is 0 Å². The Morgan fingerprint density at radius 1 is 1.27 bits per heavy atom. The molecule has 0 fully saturated rings. The molecule has 2 nitrogen and oxygen atoms in total. The molecule has 0 atom stereocenters. The lowest BCUT2D eigenvalue weighted by Crippen LogP contribution is -1.75. The molecular formula is C7H8N2S2. The second kappa shape index (κ2) is 2.53. The highest BCUT2D eigenvalue weighted by molar-refractivity contribution is 7.37. The minimum Gasteiger partial charge on any atom is -0.221 e. The lowest BCUT2D eigenvalue weighted by molar-refractivity contribution is 1.10. The number of hydrogen-bond donors (Lipinski definition) is 0. The monoisotopic (exact) mass is 184 g/mol. The van der Waals surface area contributed by atoms with E-state index in [1.54, 1.807) is 22.7 Å². The van der Waals surface area contributed by atoms with E-state index >= 15 is 0 Å². The Labute approximate surface area is 72.9 Å². The van der Waals surface area contributed by atoms with Crippen LogP contribution in [0.1, 0.15) is 16.9 Å². The van der Waals surface area contributed by atoms with E-state index in [9.17, 15) is 0 Å². The van der Waals surface area contributed by atoms with Crippen molar-refractivity contribution in [2.24, 2.45) is 0 Å². The molecule has 0 aliphatic heterocycles. The van der Waals surface area contributed by atoms with Crippen LogP contribution in [-0.2, 0) is 6.42 Å². The van der Waals surface area contributed by atoms with Gasteiger partial charge in [-0.25, -0.2) is 9.97 Å². The van der Waals surface area contributed by atoms with Crippen LogP contribution in [0, 0.1) is 6.92 Å². The van der Waals surface area contributed by atoms with E-state index in [4.69, 9.17) is 0 Å². The molecule has 0 unspecified atom stereocenters. The average Bonchev–Trinajstić information content (AvgIpc) is 2.43. The van der Waals surface area contributed by atoms with Crippen molar-refractivity contribution < 1.29 is 0 Å². The van der Waals surface area contributed by atoms with Gasteiger partial charge in [0.1, 0.15) is 4.01 Å². The Hall–Kier alpha value is -0.480. The number of nitrogens with zero attached hydrogens (tertiary/aromatic N) is 2. The fourth-order valence-electron chi connectivity index (χ4n) is 0.934. The predicted molar refractivity (Wildman–Crippen MR) is 49.4 cm³/mol. The summed E-state index contributed by atoms with van der Waals surface area (Å²) in [5, 5.41) is 2.31. The highest BCUT2D eigenvalue weighted by Crippen LogP contribution is 2.27. The Kier molecular flexibility index (Phi) is 1.65. The maximum Gasteiger partial charge on any atom is 0.182 e. The highest BCUT2D eigenvalue weighted by Gasteiger charge is 2.05. The Balaban J connectivity index is 2.64. The van der Waals surface area contributed by atoms with Gasteiger partial charge in [-0.05, 0) is 13.3 Å². The van der Waals surface area contributed by atoms with Gasteiger partial charge in [0.15, 0.2) is 5.65 Å². The van der Waals surface area contributed by atoms with Crippen LogP contribution >= 0.6 is 22.7 Å². The minimum atomic E-state index is 0.939. The van der Waals surface area contributed by atoms with Crippen molar-refractivity contribution in [3.8, 4) is 0 Å². The first-order chi connectivity index (χ1) is 5.29. The summed E-state index contributed by atoms with van der Waals surface area (Å²) in [5.74, 6) is 0. The van der Waals surface area contributed by atoms with Crippen molar-refractivity contribution in [2.75, 3.05) is 0 Å². The molecule has 11 heavy (non-hydrogen) atoms. The van der Waals surface area contributed by atoms with Crippen LogP contribution in [0.5, 0.6) is 0 Å². The van der Waals surface area contributed by atoms with Crippen molar-refractivity contribution in [1.82, 2.24) is 9.97 Å². The number of aromatic nitrogens is 2. The molecule has 0 N–H and O–H groups in total. The molecule has 0 saturated carbocycles. The quantitative estimate of drug-likeness (QED) is 0.681. The summed E-state index contributed by atoms with van der Waals surface area (Å²) in [6.07, 6.45) is 1.02. The van der Waals surface area contributed by atoms with E-state index < -0.39 is 0 Å². The summed E-state index contributed by atoms with van der Waals surface area (Å²) in [7, 11) is 0. The van der Waals surface area contributed by atoms with Gasteiger partial charge in [-0.2, -0.15) is 0 Å². The first-order valence-electron chi connectivity index (χ1n) is 3.52. The van der Waals surface area contributed by atoms with Crippen molar-refractivity contribution in [3.05, 3.63) is 10.0 Å².